The van der Waals surface area contributed by atoms with E-state index in [2.05, 4.69) is 44.8 Å². The van der Waals surface area contributed by atoms with Crippen LogP contribution in [0.3, 0.4) is 0 Å². The Bertz CT molecular complexity index is 258. The maximum Gasteiger partial charge on any atom is 0.0270 e. The van der Waals surface area contributed by atoms with Gasteiger partial charge in [-0.3, -0.25) is 4.98 Å². The molecule has 0 radical (unpaired) electrons. The van der Waals surface area contributed by atoms with Crippen LogP contribution in [-0.2, 0) is 0 Å². The van der Waals surface area contributed by atoms with Crippen molar-refractivity contribution >= 4 is 0 Å². The minimum atomic E-state index is 0.345. The molecule has 1 atom stereocenters. The smallest absolute Gasteiger partial charge is 0.0270 e. The van der Waals surface area contributed by atoms with Crippen LogP contribution >= 0.6 is 0 Å². The van der Waals surface area contributed by atoms with Crippen molar-refractivity contribution in [1.82, 2.24) is 4.98 Å². The van der Waals surface area contributed by atoms with Gasteiger partial charge in [0.15, 0.2) is 0 Å². The molecule has 0 N–H and O–H groups in total. The van der Waals surface area contributed by atoms with Crippen molar-refractivity contribution < 1.29 is 0 Å². The van der Waals surface area contributed by atoms with Crippen molar-refractivity contribution in [3.8, 4) is 0 Å². The van der Waals surface area contributed by atoms with Gasteiger partial charge in [0, 0.05) is 12.4 Å². The fourth-order valence-electron chi connectivity index (χ4n) is 1.98. The van der Waals surface area contributed by atoms with Crippen LogP contribution in [0.1, 0.15) is 52.0 Å². The molecule has 1 heterocycles. The lowest BCUT2D eigenvalue weighted by molar-refractivity contribution is 0.303. The van der Waals surface area contributed by atoms with Crippen molar-refractivity contribution in [1.29, 1.82) is 0 Å². The van der Waals surface area contributed by atoms with Crippen LogP contribution in [0, 0.1) is 5.41 Å². The standard InChI is InChI=1S/C13H21N/c1-5-6-12(13(2,3)4)11-7-9-14-10-8-11/h7-10,12H,5-6H2,1-4H3. The van der Waals surface area contributed by atoms with E-state index in [1.807, 2.05) is 12.4 Å². The average molecular weight is 191 g/mol. The Kier molecular flexibility index (Phi) is 3.68. The molecule has 14 heavy (non-hydrogen) atoms. The monoisotopic (exact) mass is 191 g/mol. The summed E-state index contributed by atoms with van der Waals surface area (Å²) >= 11 is 0. The molecule has 1 unspecified atom stereocenters. The Balaban J connectivity index is 2.89. The van der Waals surface area contributed by atoms with Gasteiger partial charge in [-0.15, -0.1) is 0 Å². The molecule has 0 aromatic carbocycles. The largest absolute Gasteiger partial charge is 0.265 e. The van der Waals surface area contributed by atoms with E-state index < -0.39 is 0 Å². The second kappa shape index (κ2) is 4.59. The second-order valence-electron chi connectivity index (χ2n) is 4.99. The summed E-state index contributed by atoms with van der Waals surface area (Å²) in [6, 6.07) is 4.29. The first-order valence-electron chi connectivity index (χ1n) is 5.45. The molecule has 0 spiro atoms. The summed E-state index contributed by atoms with van der Waals surface area (Å²) in [5.41, 5.74) is 1.77. The first-order valence-corrected chi connectivity index (χ1v) is 5.45. The summed E-state index contributed by atoms with van der Waals surface area (Å²) in [5.74, 6) is 0.649. The molecule has 1 heteroatoms. The minimum Gasteiger partial charge on any atom is -0.265 e. The van der Waals surface area contributed by atoms with Gasteiger partial charge in [0.2, 0.25) is 0 Å². The van der Waals surface area contributed by atoms with Crippen molar-refractivity contribution in [2.24, 2.45) is 5.41 Å². The topological polar surface area (TPSA) is 12.9 Å². The molecule has 0 saturated carbocycles. The van der Waals surface area contributed by atoms with Gasteiger partial charge in [-0.2, -0.15) is 0 Å². The summed E-state index contributed by atoms with van der Waals surface area (Å²) in [4.78, 5) is 4.07. The van der Waals surface area contributed by atoms with Crippen molar-refractivity contribution in [3.63, 3.8) is 0 Å². The van der Waals surface area contributed by atoms with E-state index in [-0.39, 0.29) is 0 Å². The molecular formula is C13H21N. The van der Waals surface area contributed by atoms with Gasteiger partial charge in [0.1, 0.15) is 0 Å². The number of pyridine rings is 1. The van der Waals surface area contributed by atoms with Crippen LogP contribution in [-0.4, -0.2) is 4.98 Å². The molecule has 0 bridgehead atoms. The Hall–Kier alpha value is -0.850. The van der Waals surface area contributed by atoms with E-state index in [4.69, 9.17) is 0 Å². The normalized spacial score (nSPS) is 14.0. The number of aromatic nitrogens is 1. The third kappa shape index (κ3) is 2.83. The van der Waals surface area contributed by atoms with E-state index in [9.17, 15) is 0 Å². The van der Waals surface area contributed by atoms with Crippen molar-refractivity contribution in [2.75, 3.05) is 0 Å². The lowest BCUT2D eigenvalue weighted by Crippen LogP contribution is -2.18. The Morgan fingerprint density at radius 1 is 1.21 bits per heavy atom. The molecule has 0 fully saturated rings. The summed E-state index contributed by atoms with van der Waals surface area (Å²) in [5, 5.41) is 0. The van der Waals surface area contributed by atoms with Gasteiger partial charge in [-0.25, -0.2) is 0 Å². The molecule has 0 amide bonds. The van der Waals surface area contributed by atoms with E-state index >= 15 is 0 Å². The minimum absolute atomic E-state index is 0.345. The Morgan fingerprint density at radius 3 is 2.21 bits per heavy atom. The van der Waals surface area contributed by atoms with Gasteiger partial charge in [0.25, 0.3) is 0 Å². The van der Waals surface area contributed by atoms with E-state index in [1.54, 1.807) is 0 Å². The van der Waals surface area contributed by atoms with E-state index in [0.717, 1.165) is 0 Å². The average Bonchev–Trinajstić information content (AvgIpc) is 2.14. The highest BCUT2D eigenvalue weighted by Gasteiger charge is 2.24. The fourth-order valence-corrected chi connectivity index (χ4v) is 1.98. The first-order chi connectivity index (χ1) is 6.55. The SMILES string of the molecule is CCCC(c1ccncc1)C(C)(C)C. The zero-order chi connectivity index (χ0) is 10.6. The molecule has 0 aliphatic heterocycles. The molecule has 0 saturated heterocycles. The molecule has 1 aromatic rings. The number of nitrogens with zero attached hydrogens (tertiary/aromatic N) is 1. The first kappa shape index (κ1) is 11.2. The van der Waals surface area contributed by atoms with Crippen LogP contribution in [0.2, 0.25) is 0 Å². The molecule has 78 valence electrons. The summed E-state index contributed by atoms with van der Waals surface area (Å²) in [7, 11) is 0. The molecule has 1 aromatic heterocycles. The van der Waals surface area contributed by atoms with Crippen LogP contribution < -0.4 is 0 Å². The number of hydrogen-bond donors (Lipinski definition) is 0. The molecular weight excluding hydrogens is 170 g/mol. The fraction of sp³-hybridized carbons (Fsp3) is 0.615. The lowest BCUT2D eigenvalue weighted by Gasteiger charge is -2.30. The van der Waals surface area contributed by atoms with Crippen LogP contribution in [0.15, 0.2) is 24.5 Å². The highest BCUT2D eigenvalue weighted by Crippen LogP contribution is 2.37. The van der Waals surface area contributed by atoms with Crippen LogP contribution in [0.4, 0.5) is 0 Å². The maximum absolute atomic E-state index is 4.07. The summed E-state index contributed by atoms with van der Waals surface area (Å²) in [6.45, 7) is 9.19. The quantitative estimate of drug-likeness (QED) is 0.703. The highest BCUT2D eigenvalue weighted by molar-refractivity contribution is 5.18. The zero-order valence-corrected chi connectivity index (χ0v) is 9.75. The number of rotatable bonds is 3. The molecule has 0 aliphatic carbocycles. The molecule has 1 rings (SSSR count). The lowest BCUT2D eigenvalue weighted by atomic mass is 9.74. The zero-order valence-electron chi connectivity index (χ0n) is 9.75. The maximum atomic E-state index is 4.07. The second-order valence-corrected chi connectivity index (χ2v) is 4.99. The predicted octanol–water partition coefficient (Wildman–Crippen LogP) is 4.01. The number of hydrogen-bond acceptors (Lipinski definition) is 1. The van der Waals surface area contributed by atoms with Gasteiger partial charge >= 0.3 is 0 Å². The summed E-state index contributed by atoms with van der Waals surface area (Å²) in [6.07, 6.45) is 6.28. The van der Waals surface area contributed by atoms with Crippen LogP contribution in [0.25, 0.3) is 0 Å². The summed E-state index contributed by atoms with van der Waals surface area (Å²) < 4.78 is 0. The van der Waals surface area contributed by atoms with E-state index in [1.165, 1.54) is 18.4 Å². The molecule has 0 aliphatic rings. The van der Waals surface area contributed by atoms with E-state index in [0.29, 0.717) is 11.3 Å². The third-order valence-electron chi connectivity index (χ3n) is 2.73. The van der Waals surface area contributed by atoms with Crippen molar-refractivity contribution in [3.05, 3.63) is 30.1 Å². The third-order valence-corrected chi connectivity index (χ3v) is 2.73. The highest BCUT2D eigenvalue weighted by atomic mass is 14.6. The van der Waals surface area contributed by atoms with Gasteiger partial charge in [0.05, 0.1) is 0 Å². The van der Waals surface area contributed by atoms with Gasteiger partial charge in [-0.1, -0.05) is 34.1 Å². The molecule has 1 nitrogen and oxygen atoms in total. The Morgan fingerprint density at radius 2 is 1.79 bits per heavy atom. The van der Waals surface area contributed by atoms with Gasteiger partial charge in [-0.05, 0) is 35.4 Å². The predicted molar refractivity (Wildman–Crippen MR) is 61.3 cm³/mol. The van der Waals surface area contributed by atoms with Crippen molar-refractivity contribution in [2.45, 2.75) is 46.5 Å². The van der Waals surface area contributed by atoms with Crippen LogP contribution in [0.5, 0.6) is 0 Å². The Labute approximate surface area is 87.6 Å². The van der Waals surface area contributed by atoms with Gasteiger partial charge < -0.3 is 0 Å².